The maximum Gasteiger partial charge on any atom is 0.472 e. The summed E-state index contributed by atoms with van der Waals surface area (Å²) < 4.78 is 34.1. The molecule has 0 aromatic carbocycles. The molecule has 0 rings (SSSR count). The molecule has 0 radical (unpaired) electrons. The monoisotopic (exact) mass is 871 g/mol. The number of hydrogen-bond donors (Lipinski definition) is 3. The molecule has 0 bridgehead atoms. The van der Waals surface area contributed by atoms with Gasteiger partial charge in [0.2, 0.25) is 0 Å². The van der Waals surface area contributed by atoms with E-state index in [4.69, 9.17) is 18.5 Å². The van der Waals surface area contributed by atoms with Gasteiger partial charge in [-0.05, 0) is 51.4 Å². The number of likely N-dealkylation sites (N-methyl/N-ethyl adjacent to an activating group) is 1. The zero-order chi connectivity index (χ0) is 44.6. The SMILES string of the molecule is CC/C=C\C/C=C\C/C=C\C/C=C\C[C@@H](O)[C@H](O)CCCC(=O)O[C@H](COC(=O)CCCCCCCCCCCCCCCCCCC)COP(=O)(O)OCC[N+](C)(C)C. The minimum Gasteiger partial charge on any atom is -0.462 e. The van der Waals surface area contributed by atoms with Gasteiger partial charge in [0.05, 0.1) is 40.0 Å². The molecule has 0 aliphatic heterocycles. The van der Waals surface area contributed by atoms with Gasteiger partial charge in [0.15, 0.2) is 6.10 Å². The van der Waals surface area contributed by atoms with Gasteiger partial charge < -0.3 is 29.1 Å². The highest BCUT2D eigenvalue weighted by molar-refractivity contribution is 7.47. The summed E-state index contributed by atoms with van der Waals surface area (Å²) >= 11 is 0. The van der Waals surface area contributed by atoms with Gasteiger partial charge in [-0.15, -0.1) is 0 Å². The van der Waals surface area contributed by atoms with Crippen LogP contribution in [-0.2, 0) is 32.7 Å². The lowest BCUT2D eigenvalue weighted by atomic mass is 10.0. The average molecular weight is 871 g/mol. The largest absolute Gasteiger partial charge is 0.472 e. The minimum atomic E-state index is -4.46. The first-order valence-electron chi connectivity index (χ1n) is 23.5. The van der Waals surface area contributed by atoms with Crippen LogP contribution in [0, 0.1) is 0 Å². The molecule has 1 unspecified atom stereocenters. The molecule has 0 saturated heterocycles. The van der Waals surface area contributed by atoms with Crippen LogP contribution in [0.1, 0.15) is 181 Å². The molecule has 4 atom stereocenters. The van der Waals surface area contributed by atoms with Crippen LogP contribution in [0.5, 0.6) is 0 Å². The molecule has 350 valence electrons. The Morgan fingerprint density at radius 2 is 1.05 bits per heavy atom. The highest BCUT2D eigenvalue weighted by atomic mass is 31.2. The summed E-state index contributed by atoms with van der Waals surface area (Å²) in [5, 5.41) is 20.8. The number of nitrogens with zero attached hydrogens (tertiary/aromatic N) is 1. The number of aliphatic hydroxyl groups is 2. The average Bonchev–Trinajstić information content (AvgIpc) is 3.19. The maximum atomic E-state index is 12.7. The van der Waals surface area contributed by atoms with E-state index in [2.05, 4.69) is 50.3 Å². The molecule has 0 spiro atoms. The second kappa shape index (κ2) is 39.7. The lowest BCUT2D eigenvalue weighted by molar-refractivity contribution is -0.870. The van der Waals surface area contributed by atoms with Gasteiger partial charge >= 0.3 is 19.8 Å². The van der Waals surface area contributed by atoms with Crippen LogP contribution in [0.15, 0.2) is 48.6 Å². The molecule has 0 aliphatic carbocycles. The minimum absolute atomic E-state index is 0.0213. The second-order valence-electron chi connectivity index (χ2n) is 17.1. The van der Waals surface area contributed by atoms with Crippen molar-refractivity contribution in [2.45, 2.75) is 199 Å². The number of carbonyl (C=O) groups is 2. The lowest BCUT2D eigenvalue weighted by Crippen LogP contribution is -2.37. The van der Waals surface area contributed by atoms with E-state index < -0.39 is 44.7 Å². The number of carbonyl (C=O) groups excluding carboxylic acids is 2. The van der Waals surface area contributed by atoms with E-state index in [1.807, 2.05) is 33.3 Å². The van der Waals surface area contributed by atoms with Crippen LogP contribution in [0.4, 0.5) is 0 Å². The van der Waals surface area contributed by atoms with E-state index in [0.29, 0.717) is 17.4 Å². The van der Waals surface area contributed by atoms with Crippen LogP contribution in [0.2, 0.25) is 0 Å². The summed E-state index contributed by atoms with van der Waals surface area (Å²) in [5.74, 6) is -1.08. The van der Waals surface area contributed by atoms with Gasteiger partial charge in [0.25, 0.3) is 0 Å². The van der Waals surface area contributed by atoms with Crippen LogP contribution in [0.3, 0.4) is 0 Å². The first-order valence-corrected chi connectivity index (χ1v) is 25.0. The predicted octanol–water partition coefficient (Wildman–Crippen LogP) is 11.4. The Kier molecular flexibility index (Phi) is 38.3. The third-order valence-corrected chi connectivity index (χ3v) is 11.1. The first kappa shape index (κ1) is 57.9. The summed E-state index contributed by atoms with van der Waals surface area (Å²) in [5.41, 5.74) is 0. The summed E-state index contributed by atoms with van der Waals surface area (Å²) in [6.07, 6.45) is 39.0. The topological polar surface area (TPSA) is 149 Å². The van der Waals surface area contributed by atoms with E-state index >= 15 is 0 Å². The predicted molar refractivity (Wildman–Crippen MR) is 245 cm³/mol. The van der Waals surface area contributed by atoms with Crippen LogP contribution in [0.25, 0.3) is 0 Å². The molecule has 0 aliphatic rings. The Balaban J connectivity index is 4.54. The number of ether oxygens (including phenoxy) is 2. The number of aliphatic hydroxyl groups excluding tert-OH is 2. The van der Waals surface area contributed by atoms with E-state index in [-0.39, 0.29) is 45.3 Å². The number of unbranched alkanes of at least 4 members (excludes halogenated alkanes) is 16. The van der Waals surface area contributed by atoms with E-state index in [0.717, 1.165) is 44.9 Å². The van der Waals surface area contributed by atoms with Crippen molar-refractivity contribution < 1.29 is 52.3 Å². The second-order valence-corrected chi connectivity index (χ2v) is 18.5. The quantitative estimate of drug-likeness (QED) is 0.0178. The van der Waals surface area contributed by atoms with Gasteiger partial charge in [-0.3, -0.25) is 18.6 Å². The van der Waals surface area contributed by atoms with E-state index in [9.17, 15) is 29.3 Å². The maximum absolute atomic E-state index is 12.7. The standard InChI is InChI=1S/C48H88NO10P/c1-6-8-10-12-14-16-18-20-21-22-23-24-26-28-30-32-34-38-47(52)56-42-44(43-58-60(54,55)57-41-40-49(3,4)5)59-48(53)39-35-37-46(51)45(50)36-33-31-29-27-25-19-17-15-13-11-9-7-2/h9,11,15,17,25,27,31,33,44-46,50-51H,6-8,10,12-14,16,18-24,26,28-30,32,34-43H2,1-5H3/p+1/b11-9-,17-15-,27-25-,33-31-/t44-,45-,46-/m1/s1. The normalized spacial score (nSPS) is 15.0. The van der Waals surface area contributed by atoms with Crippen molar-refractivity contribution in [1.82, 2.24) is 0 Å². The molecular weight excluding hydrogens is 781 g/mol. The Morgan fingerprint density at radius 1 is 0.583 bits per heavy atom. The number of rotatable bonds is 42. The van der Waals surface area contributed by atoms with E-state index in [1.165, 1.54) is 83.5 Å². The number of phosphoric acid groups is 1. The Hall–Kier alpha value is -2.11. The third kappa shape index (κ3) is 41.3. The summed E-state index contributed by atoms with van der Waals surface area (Å²) in [6, 6.07) is 0. The fourth-order valence-corrected chi connectivity index (χ4v) is 7.02. The van der Waals surface area contributed by atoms with Gasteiger partial charge in [-0.25, -0.2) is 4.57 Å². The van der Waals surface area contributed by atoms with Crippen molar-refractivity contribution in [2.75, 3.05) is 47.5 Å². The summed E-state index contributed by atoms with van der Waals surface area (Å²) in [7, 11) is 1.30. The molecule has 0 fully saturated rings. The molecule has 0 amide bonds. The summed E-state index contributed by atoms with van der Waals surface area (Å²) in [4.78, 5) is 35.5. The van der Waals surface area contributed by atoms with Gasteiger partial charge in [0.1, 0.15) is 19.8 Å². The van der Waals surface area contributed by atoms with Crippen molar-refractivity contribution in [2.24, 2.45) is 0 Å². The summed E-state index contributed by atoms with van der Waals surface area (Å²) in [6.45, 7) is 3.98. The molecule has 60 heavy (non-hydrogen) atoms. The lowest BCUT2D eigenvalue weighted by Gasteiger charge is -2.24. The number of esters is 2. The first-order chi connectivity index (χ1) is 28.8. The van der Waals surface area contributed by atoms with Crippen LogP contribution in [-0.4, -0.2) is 97.3 Å². The van der Waals surface area contributed by atoms with Crippen molar-refractivity contribution in [3.8, 4) is 0 Å². The number of hydrogen-bond acceptors (Lipinski definition) is 9. The Morgan fingerprint density at radius 3 is 1.55 bits per heavy atom. The highest BCUT2D eigenvalue weighted by Gasteiger charge is 2.27. The molecule has 11 nitrogen and oxygen atoms in total. The number of allylic oxidation sites excluding steroid dienone is 7. The smallest absolute Gasteiger partial charge is 0.462 e. The van der Waals surface area contributed by atoms with Gasteiger partial charge in [-0.1, -0.05) is 165 Å². The fraction of sp³-hybridized carbons (Fsp3) is 0.792. The van der Waals surface area contributed by atoms with Crippen molar-refractivity contribution >= 4 is 19.8 Å². The molecule has 0 heterocycles. The van der Waals surface area contributed by atoms with Gasteiger partial charge in [0, 0.05) is 12.8 Å². The Labute approximate surface area is 366 Å². The molecule has 0 aromatic heterocycles. The molecule has 0 aromatic rings. The molecule has 12 heteroatoms. The van der Waals surface area contributed by atoms with Crippen LogP contribution >= 0.6 is 7.82 Å². The van der Waals surface area contributed by atoms with Gasteiger partial charge in [-0.2, -0.15) is 0 Å². The fourth-order valence-electron chi connectivity index (χ4n) is 6.28. The van der Waals surface area contributed by atoms with Crippen LogP contribution < -0.4 is 0 Å². The molecule has 0 saturated carbocycles. The van der Waals surface area contributed by atoms with Crippen molar-refractivity contribution in [3.05, 3.63) is 48.6 Å². The zero-order valence-electron chi connectivity index (χ0n) is 38.7. The van der Waals surface area contributed by atoms with Crippen molar-refractivity contribution in [1.29, 1.82) is 0 Å². The Bertz CT molecular complexity index is 1200. The zero-order valence-corrected chi connectivity index (χ0v) is 39.6. The number of quaternary nitrogens is 1. The van der Waals surface area contributed by atoms with E-state index in [1.54, 1.807) is 0 Å². The van der Waals surface area contributed by atoms with Crippen molar-refractivity contribution in [3.63, 3.8) is 0 Å². The molecular formula is C48H89NO10P+. The highest BCUT2D eigenvalue weighted by Crippen LogP contribution is 2.43. The number of phosphoric ester groups is 1. The molecule has 3 N–H and O–H groups in total. The third-order valence-electron chi connectivity index (χ3n) is 10.1.